The van der Waals surface area contributed by atoms with Crippen LogP contribution in [0.2, 0.25) is 0 Å². The summed E-state index contributed by atoms with van der Waals surface area (Å²) in [7, 11) is 1.34. The normalized spacial score (nSPS) is 15.1. The highest BCUT2D eigenvalue weighted by Gasteiger charge is 2.26. The van der Waals surface area contributed by atoms with Crippen LogP contribution in [0.4, 0.5) is 0 Å². The minimum absolute atomic E-state index is 0.126. The van der Waals surface area contributed by atoms with E-state index in [0.717, 1.165) is 37.1 Å². The zero-order valence-corrected chi connectivity index (χ0v) is 16.0. The van der Waals surface area contributed by atoms with Crippen LogP contribution in [0.25, 0.3) is 0 Å². The van der Waals surface area contributed by atoms with Gasteiger partial charge in [-0.1, -0.05) is 19.3 Å². The molecule has 0 atom stereocenters. The van der Waals surface area contributed by atoms with Crippen LogP contribution in [0.5, 0.6) is 0 Å². The third-order valence-corrected chi connectivity index (χ3v) is 5.29. The number of hydrogen-bond donors (Lipinski definition) is 0. The highest BCUT2D eigenvalue weighted by Crippen LogP contribution is 2.26. The van der Waals surface area contributed by atoms with Crippen LogP contribution in [0.1, 0.15) is 60.9 Å². The Labute approximate surface area is 153 Å². The molecule has 1 heterocycles. The van der Waals surface area contributed by atoms with Gasteiger partial charge in [-0.3, -0.25) is 4.79 Å². The molecule has 0 N–H and O–H groups in total. The van der Waals surface area contributed by atoms with Crippen molar-refractivity contribution < 1.29 is 19.1 Å². The number of nitrogens with zero attached hydrogens (tertiary/aromatic N) is 2. The summed E-state index contributed by atoms with van der Waals surface area (Å²) in [5.74, 6) is -0.101. The second-order valence-electron chi connectivity index (χ2n) is 6.26. The van der Waals surface area contributed by atoms with E-state index in [0.29, 0.717) is 32.0 Å². The number of hydrogen-bond acceptors (Lipinski definition) is 6. The fourth-order valence-electron chi connectivity index (χ4n) is 3.12. The lowest BCUT2D eigenvalue weighted by molar-refractivity contribution is -0.137. The zero-order valence-electron chi connectivity index (χ0n) is 15.2. The molecule has 0 aromatic carbocycles. The van der Waals surface area contributed by atoms with Crippen LogP contribution in [0, 0.1) is 5.92 Å². The van der Waals surface area contributed by atoms with Gasteiger partial charge in [0, 0.05) is 31.1 Å². The lowest BCUT2D eigenvalue weighted by atomic mass is 9.88. The highest BCUT2D eigenvalue weighted by atomic mass is 32.1. The number of amides is 1. The van der Waals surface area contributed by atoms with Gasteiger partial charge in [-0.2, -0.15) is 0 Å². The van der Waals surface area contributed by atoms with Crippen molar-refractivity contribution in [3.63, 3.8) is 0 Å². The summed E-state index contributed by atoms with van der Waals surface area (Å²) in [5, 5.41) is 2.45. The fourth-order valence-corrected chi connectivity index (χ4v) is 3.90. The molecule has 0 saturated heterocycles. The topological polar surface area (TPSA) is 68.7 Å². The van der Waals surface area contributed by atoms with E-state index in [1.54, 1.807) is 5.38 Å². The first-order chi connectivity index (χ1) is 12.2. The second-order valence-corrected chi connectivity index (χ2v) is 7.21. The van der Waals surface area contributed by atoms with E-state index in [1.807, 2.05) is 11.8 Å². The van der Waals surface area contributed by atoms with Gasteiger partial charge >= 0.3 is 5.97 Å². The molecule has 1 aromatic heterocycles. The molecule has 1 aliphatic carbocycles. The molecule has 1 aliphatic rings. The maximum absolute atomic E-state index is 12.9. The van der Waals surface area contributed by atoms with Crippen molar-refractivity contribution in [1.82, 2.24) is 9.88 Å². The number of carbonyl (C=O) groups excluding carboxylic acids is 2. The van der Waals surface area contributed by atoms with Gasteiger partial charge in [-0.05, 0) is 26.2 Å². The number of esters is 1. The average Bonchev–Trinajstić information content (AvgIpc) is 3.12. The van der Waals surface area contributed by atoms with Gasteiger partial charge in [0.15, 0.2) is 5.69 Å². The maximum atomic E-state index is 12.9. The Kier molecular flexibility index (Phi) is 8.34. The van der Waals surface area contributed by atoms with E-state index >= 15 is 0 Å². The van der Waals surface area contributed by atoms with E-state index in [4.69, 9.17) is 9.47 Å². The van der Waals surface area contributed by atoms with E-state index in [2.05, 4.69) is 4.98 Å². The molecule has 0 spiro atoms. The summed E-state index contributed by atoms with van der Waals surface area (Å²) in [6.45, 7) is 4.40. The summed E-state index contributed by atoms with van der Waals surface area (Å²) in [5.41, 5.74) is 0.307. The summed E-state index contributed by atoms with van der Waals surface area (Å²) < 4.78 is 10.1. The predicted octanol–water partition coefficient (Wildman–Crippen LogP) is 3.27. The number of aromatic nitrogens is 1. The number of ether oxygens (including phenoxy) is 2. The highest BCUT2D eigenvalue weighted by molar-refractivity contribution is 7.09. The van der Waals surface area contributed by atoms with Crippen LogP contribution in [0.3, 0.4) is 0 Å². The summed E-state index contributed by atoms with van der Waals surface area (Å²) in [4.78, 5) is 30.7. The summed E-state index contributed by atoms with van der Waals surface area (Å²) in [6.07, 6.45) is 6.25. The van der Waals surface area contributed by atoms with Crippen LogP contribution >= 0.6 is 11.3 Å². The minimum atomic E-state index is -0.441. The average molecular weight is 368 g/mol. The maximum Gasteiger partial charge on any atom is 0.357 e. The number of rotatable bonds is 9. The first-order valence-electron chi connectivity index (χ1n) is 9.05. The molecule has 1 fully saturated rings. The minimum Gasteiger partial charge on any atom is -0.464 e. The van der Waals surface area contributed by atoms with Gasteiger partial charge in [0.1, 0.15) is 5.01 Å². The van der Waals surface area contributed by atoms with Crippen molar-refractivity contribution in [2.75, 3.05) is 26.9 Å². The number of carbonyl (C=O) groups is 2. The second kappa shape index (κ2) is 10.5. The Morgan fingerprint density at radius 1 is 1.32 bits per heavy atom. The molecule has 1 amide bonds. The Hall–Kier alpha value is -1.47. The van der Waals surface area contributed by atoms with Crippen molar-refractivity contribution in [1.29, 1.82) is 0 Å². The molecule has 0 bridgehead atoms. The SMILES string of the molecule is CCOCCCN(Cc1nc(C(=O)OC)cs1)C(=O)C1CCCCC1. The molecule has 140 valence electrons. The van der Waals surface area contributed by atoms with Gasteiger partial charge in [0.05, 0.1) is 13.7 Å². The van der Waals surface area contributed by atoms with Gasteiger partial charge in [0.2, 0.25) is 5.91 Å². The van der Waals surface area contributed by atoms with Gasteiger partial charge < -0.3 is 14.4 Å². The lowest BCUT2D eigenvalue weighted by Gasteiger charge is -2.29. The molecule has 2 rings (SSSR count). The van der Waals surface area contributed by atoms with E-state index < -0.39 is 5.97 Å². The Balaban J connectivity index is 2.00. The quantitative estimate of drug-likeness (QED) is 0.494. The molecule has 0 radical (unpaired) electrons. The molecule has 1 saturated carbocycles. The molecule has 7 heteroatoms. The third-order valence-electron chi connectivity index (χ3n) is 4.46. The van der Waals surface area contributed by atoms with Crippen molar-refractivity contribution in [3.05, 3.63) is 16.1 Å². The van der Waals surface area contributed by atoms with Crippen LogP contribution < -0.4 is 0 Å². The largest absolute Gasteiger partial charge is 0.464 e. The Morgan fingerprint density at radius 2 is 2.08 bits per heavy atom. The van der Waals surface area contributed by atoms with E-state index in [1.165, 1.54) is 24.9 Å². The lowest BCUT2D eigenvalue weighted by Crippen LogP contribution is -2.37. The third kappa shape index (κ3) is 6.08. The monoisotopic (exact) mass is 368 g/mol. The van der Waals surface area contributed by atoms with Crippen molar-refractivity contribution in [2.24, 2.45) is 5.92 Å². The molecule has 25 heavy (non-hydrogen) atoms. The smallest absolute Gasteiger partial charge is 0.357 e. The summed E-state index contributed by atoms with van der Waals surface area (Å²) >= 11 is 1.39. The van der Waals surface area contributed by atoms with E-state index in [9.17, 15) is 9.59 Å². The van der Waals surface area contributed by atoms with Gasteiger partial charge in [-0.15, -0.1) is 11.3 Å². The molecular weight excluding hydrogens is 340 g/mol. The number of methoxy groups -OCH3 is 1. The van der Waals surface area contributed by atoms with Crippen LogP contribution in [-0.4, -0.2) is 48.6 Å². The standard InChI is InChI=1S/C18H28N2O4S/c1-3-24-11-7-10-20(17(21)14-8-5-4-6-9-14)12-16-19-15(13-25-16)18(22)23-2/h13-14H,3-12H2,1-2H3. The van der Waals surface area contributed by atoms with Gasteiger partial charge in [0.25, 0.3) is 0 Å². The van der Waals surface area contributed by atoms with Crippen LogP contribution in [0.15, 0.2) is 5.38 Å². The fraction of sp³-hybridized carbons (Fsp3) is 0.722. The Morgan fingerprint density at radius 3 is 2.76 bits per heavy atom. The predicted molar refractivity (Wildman–Crippen MR) is 96.6 cm³/mol. The first-order valence-corrected chi connectivity index (χ1v) is 9.93. The Bertz CT molecular complexity index is 555. The van der Waals surface area contributed by atoms with Crippen molar-refractivity contribution in [2.45, 2.75) is 52.0 Å². The van der Waals surface area contributed by atoms with Crippen LogP contribution in [-0.2, 0) is 20.8 Å². The summed E-state index contributed by atoms with van der Waals surface area (Å²) in [6, 6.07) is 0. The van der Waals surface area contributed by atoms with Gasteiger partial charge in [-0.25, -0.2) is 9.78 Å². The number of thiazole rings is 1. The first kappa shape index (κ1) is 19.8. The molecule has 6 nitrogen and oxygen atoms in total. The molecule has 1 aromatic rings. The molecule has 0 aliphatic heterocycles. The molecule has 0 unspecified atom stereocenters. The van der Waals surface area contributed by atoms with E-state index in [-0.39, 0.29) is 11.8 Å². The molecular formula is C18H28N2O4S. The van der Waals surface area contributed by atoms with Crippen molar-refractivity contribution in [3.8, 4) is 0 Å². The van der Waals surface area contributed by atoms with Crippen molar-refractivity contribution >= 4 is 23.2 Å². The zero-order chi connectivity index (χ0) is 18.1.